The molecule has 5 aliphatic rings. The highest BCUT2D eigenvalue weighted by Crippen LogP contribution is 2.68. The molecule has 0 aromatic heterocycles. The van der Waals surface area contributed by atoms with Crippen LogP contribution >= 0.6 is 0 Å². The van der Waals surface area contributed by atoms with E-state index >= 15 is 0 Å². The van der Waals surface area contributed by atoms with E-state index in [1.165, 1.54) is 0 Å². The van der Waals surface area contributed by atoms with Gasteiger partial charge in [0.1, 0.15) is 17.7 Å². The quantitative estimate of drug-likeness (QED) is 0.420. The molecule has 1 saturated heterocycles. The largest absolute Gasteiger partial charge is 0.458 e. The van der Waals surface area contributed by atoms with E-state index < -0.39 is 0 Å². The first-order valence-corrected chi connectivity index (χ1v) is 15.3. The minimum atomic E-state index is -0.305. The van der Waals surface area contributed by atoms with Gasteiger partial charge in [-0.1, -0.05) is 32.0 Å². The second-order valence-electron chi connectivity index (χ2n) is 13.6. The Morgan fingerprint density at radius 2 is 1.79 bits per heavy atom. The Morgan fingerprint density at radius 3 is 2.51 bits per heavy atom. The summed E-state index contributed by atoms with van der Waals surface area (Å²) in [4.78, 5) is 39.1. The van der Waals surface area contributed by atoms with Gasteiger partial charge in [-0.3, -0.25) is 9.59 Å². The summed E-state index contributed by atoms with van der Waals surface area (Å²) in [7, 11) is 0. The van der Waals surface area contributed by atoms with Crippen molar-refractivity contribution in [3.05, 3.63) is 35.9 Å². The molecule has 6 rings (SSSR count). The molecule has 0 unspecified atom stereocenters. The Balaban J connectivity index is 1.41. The lowest BCUT2D eigenvalue weighted by Gasteiger charge is -2.64. The zero-order valence-corrected chi connectivity index (χ0v) is 23.7. The van der Waals surface area contributed by atoms with Crippen LogP contribution in [0.1, 0.15) is 95.3 Å². The van der Waals surface area contributed by atoms with Gasteiger partial charge in [0.15, 0.2) is 6.29 Å². The molecule has 0 N–H and O–H groups in total. The number of fused-ring (bicyclic) bond motifs is 5. The zero-order valence-electron chi connectivity index (χ0n) is 23.7. The Hall–Kier alpha value is -2.05. The molecule has 0 amide bonds. The van der Waals surface area contributed by atoms with Crippen molar-refractivity contribution < 1.29 is 28.6 Å². The number of rotatable bonds is 5. The van der Waals surface area contributed by atoms with Crippen molar-refractivity contribution in [1.82, 2.24) is 0 Å². The average Bonchev–Trinajstić information content (AvgIpc) is 3.27. The van der Waals surface area contributed by atoms with E-state index in [4.69, 9.17) is 14.2 Å². The van der Waals surface area contributed by atoms with Crippen molar-refractivity contribution in [2.75, 3.05) is 6.61 Å². The van der Waals surface area contributed by atoms with E-state index in [-0.39, 0.29) is 70.7 Å². The zero-order chi connectivity index (χ0) is 27.4. The van der Waals surface area contributed by atoms with Gasteiger partial charge in [-0.15, -0.1) is 0 Å². The van der Waals surface area contributed by atoms with E-state index in [1.807, 2.05) is 18.2 Å². The second kappa shape index (κ2) is 10.4. The molecule has 6 heteroatoms. The van der Waals surface area contributed by atoms with Crippen LogP contribution in [0.5, 0.6) is 0 Å². The van der Waals surface area contributed by atoms with Gasteiger partial charge in [0.05, 0.1) is 11.7 Å². The van der Waals surface area contributed by atoms with E-state index in [1.54, 1.807) is 19.1 Å². The van der Waals surface area contributed by atoms with Gasteiger partial charge in [0.25, 0.3) is 0 Å². The minimum absolute atomic E-state index is 0.00855. The van der Waals surface area contributed by atoms with Gasteiger partial charge < -0.3 is 14.2 Å². The third-order valence-corrected chi connectivity index (χ3v) is 11.6. The van der Waals surface area contributed by atoms with Gasteiger partial charge in [0, 0.05) is 31.3 Å². The number of esters is 1. The number of ketones is 2. The number of hydrogen-bond acceptors (Lipinski definition) is 6. The monoisotopic (exact) mass is 536 g/mol. The van der Waals surface area contributed by atoms with Gasteiger partial charge in [-0.25, -0.2) is 4.79 Å². The van der Waals surface area contributed by atoms with Gasteiger partial charge in [0.2, 0.25) is 0 Å². The van der Waals surface area contributed by atoms with Crippen molar-refractivity contribution in [1.29, 1.82) is 0 Å². The van der Waals surface area contributed by atoms with E-state index in [0.29, 0.717) is 37.2 Å². The van der Waals surface area contributed by atoms with Crippen LogP contribution in [0.4, 0.5) is 0 Å². The molecule has 4 aliphatic carbocycles. The fraction of sp³-hybridized carbons (Fsp3) is 0.727. The molecule has 1 heterocycles. The van der Waals surface area contributed by atoms with Crippen LogP contribution in [-0.4, -0.2) is 42.6 Å². The van der Waals surface area contributed by atoms with Crippen LogP contribution in [0, 0.1) is 40.4 Å². The van der Waals surface area contributed by atoms with Crippen LogP contribution in [0.15, 0.2) is 30.3 Å². The molecule has 10 atom stereocenters. The number of hydrogen-bond donors (Lipinski definition) is 0. The number of ether oxygens (including phenoxy) is 3. The van der Waals surface area contributed by atoms with Gasteiger partial charge in [-0.2, -0.15) is 0 Å². The van der Waals surface area contributed by atoms with Crippen molar-refractivity contribution >= 4 is 17.5 Å². The SMILES string of the molecule is CC(=O)[C@H]1CC[C@H]2[C@H]3[C@H]([C@H](O[C@H]4CCCCO4)C[C@]12C)[C@@]1(C)CCC(=O)C[C@@H]1C[C@H]3OC(=O)c1ccccc1. The summed E-state index contributed by atoms with van der Waals surface area (Å²) in [6.45, 7) is 7.12. The minimum Gasteiger partial charge on any atom is -0.458 e. The van der Waals surface area contributed by atoms with Crippen molar-refractivity contribution in [2.45, 2.75) is 103 Å². The molecule has 39 heavy (non-hydrogen) atoms. The molecule has 0 bridgehead atoms. The molecule has 5 fully saturated rings. The molecule has 1 aromatic rings. The van der Waals surface area contributed by atoms with Gasteiger partial charge in [-0.05, 0) is 99.0 Å². The van der Waals surface area contributed by atoms with Crippen LogP contribution in [0.25, 0.3) is 0 Å². The summed E-state index contributed by atoms with van der Waals surface area (Å²) in [5.74, 6) is 0.921. The average molecular weight is 537 g/mol. The first kappa shape index (κ1) is 27.1. The lowest BCUT2D eigenvalue weighted by Crippen LogP contribution is -2.64. The third-order valence-electron chi connectivity index (χ3n) is 11.6. The first-order chi connectivity index (χ1) is 18.7. The molecule has 4 saturated carbocycles. The highest BCUT2D eigenvalue weighted by atomic mass is 16.7. The summed E-state index contributed by atoms with van der Waals surface area (Å²) in [6.07, 6.45) is 7.76. The number of Topliss-reactive ketones (excluding diaryl/α,β-unsaturated/α-hetero) is 2. The molecular weight excluding hydrogens is 492 g/mol. The maximum Gasteiger partial charge on any atom is 0.338 e. The Kier molecular flexibility index (Phi) is 7.24. The van der Waals surface area contributed by atoms with E-state index in [0.717, 1.165) is 44.9 Å². The van der Waals surface area contributed by atoms with Crippen LogP contribution < -0.4 is 0 Å². The standard InChI is InChI=1S/C33H44O6/c1-20(34)24-12-13-25-29-26(39-31(36)21-9-5-4-6-10-21)18-22-17-23(35)14-15-32(22,2)30(29)27(19-33(24,25)3)38-28-11-7-8-16-37-28/h4-6,9-10,22,24-30H,7-8,11-19H2,1-3H3/t22-,24-,25+,26-,27-,28+,29-,30+,32+,33-/m1/s1. The summed E-state index contributed by atoms with van der Waals surface area (Å²) >= 11 is 0. The number of benzene rings is 1. The Morgan fingerprint density at radius 1 is 1.00 bits per heavy atom. The highest BCUT2D eigenvalue weighted by Gasteiger charge is 2.67. The third kappa shape index (κ3) is 4.69. The Labute approximate surface area is 232 Å². The smallest absolute Gasteiger partial charge is 0.338 e. The number of carbonyl (C=O) groups excluding carboxylic acids is 3. The van der Waals surface area contributed by atoms with Crippen LogP contribution in [0.3, 0.4) is 0 Å². The summed E-state index contributed by atoms with van der Waals surface area (Å²) in [6, 6.07) is 9.22. The molecule has 212 valence electrons. The molecule has 1 aromatic carbocycles. The van der Waals surface area contributed by atoms with Crippen LogP contribution in [-0.2, 0) is 23.8 Å². The Bertz CT molecular complexity index is 1090. The summed E-state index contributed by atoms with van der Waals surface area (Å²) < 4.78 is 19.5. The lowest BCUT2D eigenvalue weighted by atomic mass is 9.43. The van der Waals surface area contributed by atoms with E-state index in [2.05, 4.69) is 13.8 Å². The molecule has 0 spiro atoms. The molecule has 0 radical (unpaired) electrons. The maximum atomic E-state index is 13.4. The molecule has 1 aliphatic heterocycles. The normalized spacial score (nSPS) is 43.6. The second-order valence-corrected chi connectivity index (χ2v) is 13.6. The fourth-order valence-corrected chi connectivity index (χ4v) is 9.78. The predicted molar refractivity (Wildman–Crippen MR) is 146 cm³/mol. The van der Waals surface area contributed by atoms with Gasteiger partial charge >= 0.3 is 5.97 Å². The fourth-order valence-electron chi connectivity index (χ4n) is 9.78. The summed E-state index contributed by atoms with van der Waals surface area (Å²) in [5, 5.41) is 0. The molecular formula is C33H44O6. The molecule has 6 nitrogen and oxygen atoms in total. The maximum absolute atomic E-state index is 13.4. The lowest BCUT2D eigenvalue weighted by molar-refractivity contribution is -0.265. The number of carbonyl (C=O) groups is 3. The first-order valence-electron chi connectivity index (χ1n) is 15.3. The van der Waals surface area contributed by atoms with Crippen molar-refractivity contribution in [3.63, 3.8) is 0 Å². The topological polar surface area (TPSA) is 78.9 Å². The van der Waals surface area contributed by atoms with Crippen molar-refractivity contribution in [2.24, 2.45) is 40.4 Å². The predicted octanol–water partition coefficient (Wildman–Crippen LogP) is 6.16. The highest BCUT2D eigenvalue weighted by molar-refractivity contribution is 5.89. The van der Waals surface area contributed by atoms with Crippen LogP contribution in [0.2, 0.25) is 0 Å². The summed E-state index contributed by atoms with van der Waals surface area (Å²) in [5.41, 5.74) is 0.262. The van der Waals surface area contributed by atoms with E-state index in [9.17, 15) is 14.4 Å². The van der Waals surface area contributed by atoms with Crippen molar-refractivity contribution in [3.8, 4) is 0 Å².